The number of hydrogen-bond acceptors (Lipinski definition) is 3. The molecular weight excluding hydrogens is 271 g/mol. The minimum atomic E-state index is -0.340. The van der Waals surface area contributed by atoms with Crippen molar-refractivity contribution >= 4 is 11.6 Å². The van der Waals surface area contributed by atoms with Gasteiger partial charge in [0.25, 0.3) is 5.91 Å². The second kappa shape index (κ2) is 7.41. The Morgan fingerprint density at radius 2 is 2.14 bits per heavy atom. The van der Waals surface area contributed by atoms with Crippen LogP contribution in [-0.2, 0) is 0 Å². The second-order valence-electron chi connectivity index (χ2n) is 5.69. The third kappa shape index (κ3) is 4.17. The lowest BCUT2D eigenvalue weighted by molar-refractivity contribution is 0.0945. The Morgan fingerprint density at radius 3 is 2.76 bits per heavy atom. The lowest BCUT2D eigenvalue weighted by Crippen LogP contribution is -2.29. The van der Waals surface area contributed by atoms with Gasteiger partial charge in [-0.05, 0) is 43.4 Å². The van der Waals surface area contributed by atoms with Crippen LogP contribution in [0.2, 0.25) is 0 Å². The molecule has 1 atom stereocenters. The predicted molar refractivity (Wildman–Crippen MR) is 81.0 cm³/mol. The summed E-state index contributed by atoms with van der Waals surface area (Å²) in [5, 5.41) is 11.6. The summed E-state index contributed by atoms with van der Waals surface area (Å²) < 4.78 is 14.1. The van der Waals surface area contributed by atoms with E-state index in [2.05, 4.69) is 5.32 Å². The first-order valence-electron chi connectivity index (χ1n) is 7.55. The molecule has 1 aliphatic rings. The maximum absolute atomic E-state index is 14.1. The number of nitrogens with zero attached hydrogens (tertiary/aromatic N) is 1. The Balaban J connectivity index is 1.97. The molecule has 0 radical (unpaired) electrons. The molecule has 4 nitrogen and oxygen atoms in total. The van der Waals surface area contributed by atoms with Crippen LogP contribution in [0.5, 0.6) is 0 Å². The summed E-state index contributed by atoms with van der Waals surface area (Å²) in [6.45, 7) is 4.29. The molecule has 2 N–H and O–H groups in total. The molecule has 0 bridgehead atoms. The Labute approximate surface area is 125 Å². The van der Waals surface area contributed by atoms with Gasteiger partial charge in [0, 0.05) is 31.8 Å². The van der Waals surface area contributed by atoms with E-state index < -0.39 is 0 Å². The molecule has 1 aromatic rings. The van der Waals surface area contributed by atoms with Crippen molar-refractivity contribution in [3.05, 3.63) is 29.6 Å². The van der Waals surface area contributed by atoms with Crippen molar-refractivity contribution in [2.75, 3.05) is 31.1 Å². The van der Waals surface area contributed by atoms with Crippen LogP contribution in [-0.4, -0.2) is 37.3 Å². The van der Waals surface area contributed by atoms with Crippen LogP contribution in [0.3, 0.4) is 0 Å². The lowest BCUT2D eigenvalue weighted by Gasteiger charge is -2.18. The smallest absolute Gasteiger partial charge is 0.251 e. The molecule has 0 aliphatic carbocycles. The minimum absolute atomic E-state index is 0.107. The SMILES string of the molecule is CC(CCO)CNC(=O)c1ccc(N2CCCC2)c(F)c1. The van der Waals surface area contributed by atoms with Crippen LogP contribution in [0.1, 0.15) is 36.5 Å². The zero-order chi connectivity index (χ0) is 15.2. The van der Waals surface area contributed by atoms with E-state index in [0.717, 1.165) is 25.9 Å². The summed E-state index contributed by atoms with van der Waals surface area (Å²) in [4.78, 5) is 14.0. The van der Waals surface area contributed by atoms with Crippen molar-refractivity contribution in [3.8, 4) is 0 Å². The van der Waals surface area contributed by atoms with Gasteiger partial charge >= 0.3 is 0 Å². The van der Waals surface area contributed by atoms with E-state index in [-0.39, 0.29) is 24.2 Å². The van der Waals surface area contributed by atoms with Gasteiger partial charge < -0.3 is 15.3 Å². The highest BCUT2D eigenvalue weighted by molar-refractivity contribution is 5.94. The monoisotopic (exact) mass is 294 g/mol. The Morgan fingerprint density at radius 1 is 1.43 bits per heavy atom. The molecule has 1 unspecified atom stereocenters. The molecule has 2 rings (SSSR count). The van der Waals surface area contributed by atoms with E-state index >= 15 is 0 Å². The molecule has 1 heterocycles. The molecule has 1 amide bonds. The van der Waals surface area contributed by atoms with Crippen molar-refractivity contribution in [3.63, 3.8) is 0 Å². The summed E-state index contributed by atoms with van der Waals surface area (Å²) >= 11 is 0. The van der Waals surface area contributed by atoms with Gasteiger partial charge in [0.2, 0.25) is 0 Å². The number of aliphatic hydroxyl groups is 1. The Hall–Kier alpha value is -1.62. The van der Waals surface area contributed by atoms with Crippen LogP contribution in [0.25, 0.3) is 0 Å². The van der Waals surface area contributed by atoms with Crippen molar-refractivity contribution in [2.24, 2.45) is 5.92 Å². The number of halogens is 1. The van der Waals surface area contributed by atoms with Gasteiger partial charge in [-0.3, -0.25) is 4.79 Å². The van der Waals surface area contributed by atoms with Crippen molar-refractivity contribution < 1.29 is 14.3 Å². The van der Waals surface area contributed by atoms with Crippen LogP contribution in [0.15, 0.2) is 18.2 Å². The van der Waals surface area contributed by atoms with Gasteiger partial charge in [0.1, 0.15) is 5.82 Å². The van der Waals surface area contributed by atoms with Gasteiger partial charge in [-0.1, -0.05) is 6.92 Å². The van der Waals surface area contributed by atoms with E-state index in [0.29, 0.717) is 24.2 Å². The maximum atomic E-state index is 14.1. The molecule has 1 saturated heterocycles. The number of carbonyl (C=O) groups excluding carboxylic acids is 1. The standard InChI is InChI=1S/C16H23FN2O2/c1-12(6-9-20)11-18-16(21)13-4-5-15(14(17)10-13)19-7-2-3-8-19/h4-5,10,12,20H,2-3,6-9,11H2,1H3,(H,18,21). The highest BCUT2D eigenvalue weighted by Gasteiger charge is 2.17. The van der Waals surface area contributed by atoms with Crippen LogP contribution >= 0.6 is 0 Å². The highest BCUT2D eigenvalue weighted by Crippen LogP contribution is 2.24. The highest BCUT2D eigenvalue weighted by atomic mass is 19.1. The maximum Gasteiger partial charge on any atom is 0.251 e. The summed E-state index contributed by atoms with van der Waals surface area (Å²) in [5.74, 6) is -0.410. The molecule has 0 spiro atoms. The first kappa shape index (κ1) is 15.8. The summed E-state index contributed by atoms with van der Waals surface area (Å²) in [7, 11) is 0. The number of hydrogen-bond donors (Lipinski definition) is 2. The minimum Gasteiger partial charge on any atom is -0.396 e. The van der Waals surface area contributed by atoms with Crippen LogP contribution in [0.4, 0.5) is 10.1 Å². The molecule has 0 aromatic heterocycles. The van der Waals surface area contributed by atoms with E-state index in [1.54, 1.807) is 12.1 Å². The number of aliphatic hydroxyl groups excluding tert-OH is 1. The number of carbonyl (C=O) groups is 1. The molecule has 1 aliphatic heterocycles. The van der Waals surface area contributed by atoms with E-state index in [9.17, 15) is 9.18 Å². The quantitative estimate of drug-likeness (QED) is 0.845. The van der Waals surface area contributed by atoms with Gasteiger partial charge in [-0.2, -0.15) is 0 Å². The predicted octanol–water partition coefficient (Wildman–Crippen LogP) is 2.17. The lowest BCUT2D eigenvalue weighted by atomic mass is 10.1. The van der Waals surface area contributed by atoms with Crippen LogP contribution < -0.4 is 10.2 Å². The number of nitrogens with one attached hydrogen (secondary N) is 1. The van der Waals surface area contributed by atoms with E-state index in [1.165, 1.54) is 6.07 Å². The number of amides is 1. The normalized spacial score (nSPS) is 16.0. The van der Waals surface area contributed by atoms with Gasteiger partial charge in [-0.25, -0.2) is 4.39 Å². The van der Waals surface area contributed by atoms with Gasteiger partial charge in [-0.15, -0.1) is 0 Å². The largest absolute Gasteiger partial charge is 0.396 e. The second-order valence-corrected chi connectivity index (χ2v) is 5.69. The molecule has 116 valence electrons. The number of anilines is 1. The first-order chi connectivity index (χ1) is 10.1. The van der Waals surface area contributed by atoms with Crippen molar-refractivity contribution in [2.45, 2.75) is 26.2 Å². The average molecular weight is 294 g/mol. The fourth-order valence-corrected chi connectivity index (χ4v) is 2.55. The molecule has 1 aromatic carbocycles. The van der Waals surface area contributed by atoms with Crippen molar-refractivity contribution in [1.29, 1.82) is 0 Å². The zero-order valence-corrected chi connectivity index (χ0v) is 12.4. The summed E-state index contributed by atoms with van der Waals surface area (Å²) in [6, 6.07) is 4.66. The first-order valence-corrected chi connectivity index (χ1v) is 7.55. The fourth-order valence-electron chi connectivity index (χ4n) is 2.55. The molecule has 0 saturated carbocycles. The van der Waals surface area contributed by atoms with Gasteiger partial charge in [0.15, 0.2) is 0 Å². The Bertz CT molecular complexity index is 487. The topological polar surface area (TPSA) is 52.6 Å². The van der Waals surface area contributed by atoms with Gasteiger partial charge in [0.05, 0.1) is 5.69 Å². The third-order valence-electron chi connectivity index (χ3n) is 3.89. The summed E-state index contributed by atoms with van der Waals surface area (Å²) in [5.41, 5.74) is 0.921. The van der Waals surface area contributed by atoms with E-state index in [4.69, 9.17) is 5.11 Å². The van der Waals surface area contributed by atoms with Crippen LogP contribution in [0, 0.1) is 11.7 Å². The summed E-state index contributed by atoms with van der Waals surface area (Å²) in [6.07, 6.45) is 2.82. The fraction of sp³-hybridized carbons (Fsp3) is 0.562. The number of benzene rings is 1. The Kier molecular flexibility index (Phi) is 5.56. The molecule has 5 heteroatoms. The molecular formula is C16H23FN2O2. The molecule has 21 heavy (non-hydrogen) atoms. The van der Waals surface area contributed by atoms with E-state index in [1.807, 2.05) is 11.8 Å². The van der Waals surface area contributed by atoms with Crippen molar-refractivity contribution in [1.82, 2.24) is 5.32 Å². The average Bonchev–Trinajstić information content (AvgIpc) is 2.99. The zero-order valence-electron chi connectivity index (χ0n) is 12.4. The molecule has 1 fully saturated rings. The third-order valence-corrected chi connectivity index (χ3v) is 3.89. The number of rotatable bonds is 6.